The molecule has 0 saturated heterocycles. The third-order valence-electron chi connectivity index (χ3n) is 4.38. The van der Waals surface area contributed by atoms with Gasteiger partial charge in [0.05, 0.1) is 27.2 Å². The second-order valence-corrected chi connectivity index (χ2v) is 5.87. The Kier molecular flexibility index (Phi) is 5.17. The van der Waals surface area contributed by atoms with Crippen LogP contribution in [-0.2, 0) is 9.53 Å². The van der Waals surface area contributed by atoms with Crippen molar-refractivity contribution in [3.8, 4) is 17.2 Å². The number of hydrogen-bond acceptors (Lipinski definition) is 6. The first-order valence-corrected chi connectivity index (χ1v) is 7.62. The first kappa shape index (κ1) is 17.8. The van der Waals surface area contributed by atoms with Gasteiger partial charge in [0.15, 0.2) is 11.6 Å². The highest BCUT2D eigenvalue weighted by molar-refractivity contribution is 6.06. The maximum atomic E-state index is 13.1. The number of ketones is 2. The van der Waals surface area contributed by atoms with Crippen LogP contribution in [0.15, 0.2) is 17.9 Å². The molecule has 2 atom stereocenters. The van der Waals surface area contributed by atoms with Crippen LogP contribution in [-0.4, -0.2) is 38.0 Å². The second-order valence-electron chi connectivity index (χ2n) is 5.87. The van der Waals surface area contributed by atoms with Crippen molar-refractivity contribution in [1.82, 2.24) is 0 Å². The van der Waals surface area contributed by atoms with Crippen LogP contribution in [0.2, 0.25) is 0 Å². The molecular formula is C18H22O6. The van der Waals surface area contributed by atoms with E-state index in [1.807, 2.05) is 6.92 Å². The molecule has 0 aliphatic heterocycles. The molecule has 2 unspecified atom stereocenters. The van der Waals surface area contributed by atoms with Gasteiger partial charge in [0.25, 0.3) is 0 Å². The molecular weight excluding hydrogens is 312 g/mol. The lowest BCUT2D eigenvalue weighted by atomic mass is 9.78. The van der Waals surface area contributed by atoms with E-state index in [-0.39, 0.29) is 41.0 Å². The highest BCUT2D eigenvalue weighted by atomic mass is 16.5. The maximum absolute atomic E-state index is 13.1. The van der Waals surface area contributed by atoms with Crippen LogP contribution in [0.3, 0.4) is 0 Å². The molecule has 0 heterocycles. The van der Waals surface area contributed by atoms with Crippen molar-refractivity contribution >= 4 is 11.6 Å². The Labute approximate surface area is 141 Å². The number of carbonyl (C=O) groups excluding carboxylic acids is 2. The van der Waals surface area contributed by atoms with E-state index in [2.05, 4.69) is 0 Å². The zero-order valence-electron chi connectivity index (χ0n) is 14.5. The summed E-state index contributed by atoms with van der Waals surface area (Å²) < 4.78 is 15.7. The van der Waals surface area contributed by atoms with Crippen molar-refractivity contribution in [2.45, 2.75) is 20.3 Å². The minimum atomic E-state index is -0.653. The van der Waals surface area contributed by atoms with Crippen LogP contribution in [0.25, 0.3) is 0 Å². The number of Topliss-reactive ketones (excluding diaryl/α,β-unsaturated/α-hetero) is 1. The molecule has 1 aliphatic rings. The summed E-state index contributed by atoms with van der Waals surface area (Å²) >= 11 is 0. The molecule has 24 heavy (non-hydrogen) atoms. The van der Waals surface area contributed by atoms with Crippen molar-refractivity contribution in [1.29, 1.82) is 0 Å². The molecule has 1 aromatic carbocycles. The van der Waals surface area contributed by atoms with E-state index in [0.29, 0.717) is 17.1 Å². The molecule has 1 N–H and O–H groups in total. The van der Waals surface area contributed by atoms with E-state index >= 15 is 0 Å². The number of methoxy groups -OCH3 is 3. The Morgan fingerprint density at radius 1 is 1.17 bits per heavy atom. The zero-order valence-corrected chi connectivity index (χ0v) is 14.5. The summed E-state index contributed by atoms with van der Waals surface area (Å²) in [6.07, 6.45) is 1.60. The van der Waals surface area contributed by atoms with Crippen LogP contribution in [0, 0.1) is 18.8 Å². The number of benzene rings is 1. The molecule has 1 aliphatic carbocycles. The third-order valence-corrected chi connectivity index (χ3v) is 4.38. The molecule has 0 saturated carbocycles. The summed E-state index contributed by atoms with van der Waals surface area (Å²) in [6.45, 7) is 3.47. The second kappa shape index (κ2) is 6.95. The third kappa shape index (κ3) is 2.96. The van der Waals surface area contributed by atoms with Gasteiger partial charge in [-0.15, -0.1) is 0 Å². The van der Waals surface area contributed by atoms with E-state index in [0.717, 1.165) is 0 Å². The smallest absolute Gasteiger partial charge is 0.181 e. The van der Waals surface area contributed by atoms with Gasteiger partial charge in [0.1, 0.15) is 28.6 Å². The van der Waals surface area contributed by atoms with Gasteiger partial charge in [-0.1, -0.05) is 6.92 Å². The Hall–Kier alpha value is -2.50. The summed E-state index contributed by atoms with van der Waals surface area (Å²) in [5.41, 5.74) is 0.522. The quantitative estimate of drug-likeness (QED) is 0.834. The van der Waals surface area contributed by atoms with Crippen LogP contribution < -0.4 is 9.47 Å². The average molecular weight is 334 g/mol. The van der Waals surface area contributed by atoms with Gasteiger partial charge >= 0.3 is 0 Å². The van der Waals surface area contributed by atoms with Crippen molar-refractivity contribution in [3.63, 3.8) is 0 Å². The van der Waals surface area contributed by atoms with Gasteiger partial charge in [0.2, 0.25) is 0 Å². The number of rotatable bonds is 5. The number of carbonyl (C=O) groups is 2. The summed E-state index contributed by atoms with van der Waals surface area (Å²) in [7, 11) is 4.32. The minimum absolute atomic E-state index is 0.0740. The monoisotopic (exact) mass is 334 g/mol. The molecule has 1 aromatic rings. The van der Waals surface area contributed by atoms with Crippen LogP contribution >= 0.6 is 0 Å². The molecule has 130 valence electrons. The normalized spacial score (nSPS) is 20.4. The average Bonchev–Trinajstić information content (AvgIpc) is 2.55. The van der Waals surface area contributed by atoms with Crippen molar-refractivity contribution in [2.75, 3.05) is 21.3 Å². The fraction of sp³-hybridized carbons (Fsp3) is 0.444. The fourth-order valence-electron chi connectivity index (χ4n) is 3.08. The molecule has 2 rings (SSSR count). The molecule has 0 aromatic heterocycles. The summed E-state index contributed by atoms with van der Waals surface area (Å²) in [4.78, 5) is 24.8. The minimum Gasteiger partial charge on any atom is -0.507 e. The van der Waals surface area contributed by atoms with Gasteiger partial charge in [-0.05, 0) is 12.8 Å². The van der Waals surface area contributed by atoms with Gasteiger partial charge in [0, 0.05) is 24.1 Å². The Bertz CT molecular complexity index is 704. The van der Waals surface area contributed by atoms with Crippen molar-refractivity contribution in [3.05, 3.63) is 29.0 Å². The largest absolute Gasteiger partial charge is 0.507 e. The predicted molar refractivity (Wildman–Crippen MR) is 87.6 cm³/mol. The lowest BCUT2D eigenvalue weighted by molar-refractivity contribution is -0.116. The van der Waals surface area contributed by atoms with Gasteiger partial charge in [-0.25, -0.2) is 0 Å². The molecule has 6 nitrogen and oxygen atoms in total. The Morgan fingerprint density at radius 3 is 2.33 bits per heavy atom. The molecule has 0 radical (unpaired) electrons. The van der Waals surface area contributed by atoms with E-state index in [1.165, 1.54) is 27.4 Å². The zero-order chi connectivity index (χ0) is 18.0. The van der Waals surface area contributed by atoms with Gasteiger partial charge in [-0.2, -0.15) is 0 Å². The highest BCUT2D eigenvalue weighted by Crippen LogP contribution is 2.42. The first-order valence-electron chi connectivity index (χ1n) is 7.62. The van der Waals surface area contributed by atoms with Crippen LogP contribution in [0.1, 0.15) is 29.3 Å². The summed E-state index contributed by atoms with van der Waals surface area (Å²) in [5, 5.41) is 10.5. The highest BCUT2D eigenvalue weighted by Gasteiger charge is 2.38. The van der Waals surface area contributed by atoms with Gasteiger partial charge < -0.3 is 19.3 Å². The predicted octanol–water partition coefficient (Wildman–Crippen LogP) is 2.66. The maximum Gasteiger partial charge on any atom is 0.181 e. The molecule has 0 fully saturated rings. The first-order chi connectivity index (χ1) is 11.3. The van der Waals surface area contributed by atoms with Gasteiger partial charge in [-0.3, -0.25) is 9.59 Å². The molecule has 6 heteroatoms. The SMILES string of the molecule is COC1=CC(=O)CC(C)C1C(=O)c1c(OC)cc(OC)c(C)c1O. The van der Waals surface area contributed by atoms with E-state index in [4.69, 9.17) is 14.2 Å². The fourth-order valence-corrected chi connectivity index (χ4v) is 3.08. The molecule has 0 amide bonds. The van der Waals surface area contributed by atoms with Crippen LogP contribution in [0.5, 0.6) is 17.2 Å². The number of hydrogen-bond donors (Lipinski definition) is 1. The Morgan fingerprint density at radius 2 is 1.79 bits per heavy atom. The topological polar surface area (TPSA) is 82.1 Å². The number of aromatic hydroxyl groups is 1. The van der Waals surface area contributed by atoms with Crippen molar-refractivity contribution in [2.24, 2.45) is 11.8 Å². The van der Waals surface area contributed by atoms with E-state index in [9.17, 15) is 14.7 Å². The number of phenolic OH excluding ortho intramolecular Hbond substituents is 1. The molecule has 0 spiro atoms. The number of allylic oxidation sites excluding steroid dienone is 2. The summed E-state index contributed by atoms with van der Waals surface area (Å²) in [6, 6.07) is 1.57. The number of ether oxygens (including phenoxy) is 3. The van der Waals surface area contributed by atoms with E-state index in [1.54, 1.807) is 13.0 Å². The lowest BCUT2D eigenvalue weighted by Gasteiger charge is -2.28. The van der Waals surface area contributed by atoms with E-state index < -0.39 is 5.92 Å². The summed E-state index contributed by atoms with van der Waals surface area (Å²) in [5.74, 6) is -0.547. The van der Waals surface area contributed by atoms with Crippen molar-refractivity contribution < 1.29 is 28.9 Å². The molecule has 0 bridgehead atoms. The standard InChI is InChI=1S/C18H22O6/c1-9-6-11(19)7-13(23-4)15(9)18(21)16-14(24-5)8-12(22-3)10(2)17(16)20/h7-9,15,20H,6H2,1-5H3. The van der Waals surface area contributed by atoms with Crippen LogP contribution in [0.4, 0.5) is 0 Å². The lowest BCUT2D eigenvalue weighted by Crippen LogP contribution is -2.31. The Balaban J connectivity index is 2.59. The number of phenols is 1.